The van der Waals surface area contributed by atoms with E-state index in [1.165, 1.54) is 12.1 Å². The van der Waals surface area contributed by atoms with Gasteiger partial charge in [0.05, 0.1) is 17.2 Å². The van der Waals surface area contributed by atoms with Crippen molar-refractivity contribution >= 4 is 27.3 Å². The van der Waals surface area contributed by atoms with Gasteiger partial charge in [-0.3, -0.25) is 9.52 Å². The molecule has 0 radical (unpaired) electrons. The summed E-state index contributed by atoms with van der Waals surface area (Å²) in [6, 6.07) is 18.3. The number of ether oxygens (including phenoxy) is 2. The molecule has 174 valence electrons. The molecular weight excluding hydrogens is 440 g/mol. The van der Waals surface area contributed by atoms with Crippen molar-refractivity contribution in [2.45, 2.75) is 25.7 Å². The molecule has 0 saturated carbocycles. The normalized spacial score (nSPS) is 11.1. The molecule has 0 aliphatic carbocycles. The lowest BCUT2D eigenvalue weighted by atomic mass is 10.1. The number of rotatable bonds is 10. The standard InChI is InChI=1S/C25H28N2O5S/c1-4-31-14-15-32-22-7-5-6-20(17-22)25(28)26-21-9-11-23(12-10-21)33(29,30)27-24-13-8-18(2)16-19(24)3/h5-13,16-17,27H,4,14-15H2,1-3H3,(H,26,28). The predicted molar refractivity (Wildman–Crippen MR) is 130 cm³/mol. The Hall–Kier alpha value is -3.36. The molecule has 0 saturated heterocycles. The fourth-order valence-electron chi connectivity index (χ4n) is 3.14. The molecule has 0 unspecified atom stereocenters. The van der Waals surface area contributed by atoms with Crippen molar-refractivity contribution in [3.05, 3.63) is 83.4 Å². The van der Waals surface area contributed by atoms with Gasteiger partial charge in [-0.1, -0.05) is 23.8 Å². The summed E-state index contributed by atoms with van der Waals surface area (Å²) in [6.07, 6.45) is 0. The third-order valence-corrected chi connectivity index (χ3v) is 6.23. The molecule has 33 heavy (non-hydrogen) atoms. The van der Waals surface area contributed by atoms with Crippen molar-refractivity contribution in [1.29, 1.82) is 0 Å². The van der Waals surface area contributed by atoms with Crippen LogP contribution in [0.4, 0.5) is 11.4 Å². The van der Waals surface area contributed by atoms with Crippen LogP contribution in [0.2, 0.25) is 0 Å². The summed E-state index contributed by atoms with van der Waals surface area (Å²) in [7, 11) is -3.75. The quantitative estimate of drug-likeness (QED) is 0.418. The SMILES string of the molecule is CCOCCOc1cccc(C(=O)Nc2ccc(S(=O)(=O)Nc3ccc(C)cc3C)cc2)c1. The summed E-state index contributed by atoms with van der Waals surface area (Å²) in [4.78, 5) is 12.7. The van der Waals surface area contributed by atoms with Crippen LogP contribution in [0, 0.1) is 13.8 Å². The highest BCUT2D eigenvalue weighted by Crippen LogP contribution is 2.22. The maximum Gasteiger partial charge on any atom is 0.261 e. The second kappa shape index (κ2) is 11.0. The monoisotopic (exact) mass is 468 g/mol. The van der Waals surface area contributed by atoms with Gasteiger partial charge in [0.1, 0.15) is 12.4 Å². The van der Waals surface area contributed by atoms with Crippen LogP contribution in [0.5, 0.6) is 5.75 Å². The largest absolute Gasteiger partial charge is 0.491 e. The molecule has 8 heteroatoms. The molecule has 0 bridgehead atoms. The van der Waals surface area contributed by atoms with Gasteiger partial charge in [-0.25, -0.2) is 8.42 Å². The lowest BCUT2D eigenvalue weighted by molar-refractivity contribution is 0.102. The Kier molecular flexibility index (Phi) is 8.08. The van der Waals surface area contributed by atoms with Crippen molar-refractivity contribution in [3.8, 4) is 5.75 Å². The molecule has 7 nitrogen and oxygen atoms in total. The number of carbonyl (C=O) groups excluding carboxylic acids is 1. The number of hydrogen-bond acceptors (Lipinski definition) is 5. The maximum absolute atomic E-state index is 12.7. The lowest BCUT2D eigenvalue weighted by Crippen LogP contribution is -2.15. The fraction of sp³-hybridized carbons (Fsp3) is 0.240. The molecule has 0 atom stereocenters. The van der Waals surface area contributed by atoms with Gasteiger partial charge in [0.2, 0.25) is 0 Å². The Morgan fingerprint density at radius 2 is 1.70 bits per heavy atom. The number of sulfonamides is 1. The first-order valence-corrected chi connectivity index (χ1v) is 12.1. The van der Waals surface area contributed by atoms with Crippen molar-refractivity contribution in [1.82, 2.24) is 0 Å². The van der Waals surface area contributed by atoms with E-state index in [-0.39, 0.29) is 10.8 Å². The van der Waals surface area contributed by atoms with Crippen LogP contribution in [0.15, 0.2) is 71.6 Å². The predicted octanol–water partition coefficient (Wildman–Crippen LogP) is 4.77. The molecule has 1 amide bonds. The van der Waals surface area contributed by atoms with Gasteiger partial charge < -0.3 is 14.8 Å². The minimum atomic E-state index is -3.75. The zero-order valence-corrected chi connectivity index (χ0v) is 19.7. The Morgan fingerprint density at radius 1 is 0.939 bits per heavy atom. The van der Waals surface area contributed by atoms with Gasteiger partial charge in [0.25, 0.3) is 15.9 Å². The summed E-state index contributed by atoms with van der Waals surface area (Å²) in [5.74, 6) is 0.246. The first-order chi connectivity index (χ1) is 15.8. The van der Waals surface area contributed by atoms with Gasteiger partial charge in [0.15, 0.2) is 0 Å². The van der Waals surface area contributed by atoms with E-state index in [1.807, 2.05) is 32.9 Å². The van der Waals surface area contributed by atoms with Gasteiger partial charge >= 0.3 is 0 Å². The number of hydrogen-bond donors (Lipinski definition) is 2. The van der Waals surface area contributed by atoms with Crippen LogP contribution in [0.25, 0.3) is 0 Å². The average Bonchev–Trinajstić information content (AvgIpc) is 2.79. The highest BCUT2D eigenvalue weighted by atomic mass is 32.2. The number of anilines is 2. The summed E-state index contributed by atoms with van der Waals surface area (Å²) in [6.45, 7) is 7.19. The van der Waals surface area contributed by atoms with Crippen molar-refractivity contribution in [3.63, 3.8) is 0 Å². The molecular formula is C25H28N2O5S. The maximum atomic E-state index is 12.7. The number of nitrogens with one attached hydrogen (secondary N) is 2. The van der Waals surface area contributed by atoms with Gasteiger partial charge in [-0.2, -0.15) is 0 Å². The molecule has 0 spiro atoms. The van der Waals surface area contributed by atoms with Crippen molar-refractivity contribution in [2.75, 3.05) is 29.9 Å². The smallest absolute Gasteiger partial charge is 0.261 e. The zero-order chi connectivity index (χ0) is 23.8. The Balaban J connectivity index is 1.65. The topological polar surface area (TPSA) is 93.7 Å². The molecule has 0 fully saturated rings. The molecule has 0 aliphatic heterocycles. The van der Waals surface area contributed by atoms with E-state index in [1.54, 1.807) is 42.5 Å². The van der Waals surface area contributed by atoms with E-state index in [4.69, 9.17) is 9.47 Å². The molecule has 0 aromatic heterocycles. The van der Waals surface area contributed by atoms with Crippen molar-refractivity contribution < 1.29 is 22.7 Å². The zero-order valence-electron chi connectivity index (χ0n) is 18.9. The van der Waals surface area contributed by atoms with Gasteiger partial charge in [-0.05, 0) is 74.9 Å². The number of aryl methyl sites for hydroxylation is 2. The first-order valence-electron chi connectivity index (χ1n) is 10.6. The van der Waals surface area contributed by atoms with Gasteiger partial charge in [0, 0.05) is 17.9 Å². The van der Waals surface area contributed by atoms with E-state index >= 15 is 0 Å². The van der Waals surface area contributed by atoms with Crippen LogP contribution in [0.3, 0.4) is 0 Å². The average molecular weight is 469 g/mol. The Labute approximate surface area is 194 Å². The molecule has 0 heterocycles. The van der Waals surface area contributed by atoms with Crippen LogP contribution in [0.1, 0.15) is 28.4 Å². The fourth-order valence-corrected chi connectivity index (χ4v) is 4.27. The number of carbonyl (C=O) groups is 1. The lowest BCUT2D eigenvalue weighted by Gasteiger charge is -2.12. The summed E-state index contributed by atoms with van der Waals surface area (Å²) in [5.41, 5.74) is 3.33. The van der Waals surface area contributed by atoms with E-state index in [0.717, 1.165) is 11.1 Å². The van der Waals surface area contributed by atoms with Crippen LogP contribution in [-0.4, -0.2) is 34.1 Å². The highest BCUT2D eigenvalue weighted by molar-refractivity contribution is 7.92. The van der Waals surface area contributed by atoms with Crippen LogP contribution >= 0.6 is 0 Å². The molecule has 3 aromatic carbocycles. The van der Waals surface area contributed by atoms with E-state index in [9.17, 15) is 13.2 Å². The first kappa shape index (κ1) is 24.3. The van der Waals surface area contributed by atoms with E-state index < -0.39 is 10.0 Å². The van der Waals surface area contributed by atoms with Crippen LogP contribution in [-0.2, 0) is 14.8 Å². The number of benzene rings is 3. The Morgan fingerprint density at radius 3 is 2.39 bits per heavy atom. The minimum Gasteiger partial charge on any atom is -0.491 e. The Bertz CT molecular complexity index is 1210. The van der Waals surface area contributed by atoms with Gasteiger partial charge in [-0.15, -0.1) is 0 Å². The highest BCUT2D eigenvalue weighted by Gasteiger charge is 2.16. The summed E-state index contributed by atoms with van der Waals surface area (Å²) < 4.78 is 38.9. The minimum absolute atomic E-state index is 0.102. The molecule has 2 N–H and O–H groups in total. The second-order valence-electron chi connectivity index (χ2n) is 7.48. The van der Waals surface area contributed by atoms with E-state index in [0.29, 0.717) is 42.5 Å². The third kappa shape index (κ3) is 6.81. The van der Waals surface area contributed by atoms with Crippen LogP contribution < -0.4 is 14.8 Å². The van der Waals surface area contributed by atoms with Crippen molar-refractivity contribution in [2.24, 2.45) is 0 Å². The number of amides is 1. The molecule has 3 aromatic rings. The molecule has 3 rings (SSSR count). The summed E-state index contributed by atoms with van der Waals surface area (Å²) in [5, 5.41) is 2.77. The molecule has 0 aliphatic rings. The second-order valence-corrected chi connectivity index (χ2v) is 9.16. The third-order valence-electron chi connectivity index (χ3n) is 4.85. The summed E-state index contributed by atoms with van der Waals surface area (Å²) >= 11 is 0. The van der Waals surface area contributed by atoms with E-state index in [2.05, 4.69) is 10.0 Å².